The first kappa shape index (κ1) is 23.8. The van der Waals surface area contributed by atoms with Gasteiger partial charge in [0, 0.05) is 14.2 Å². The summed E-state index contributed by atoms with van der Waals surface area (Å²) in [6, 6.07) is 0. The molecule has 0 radical (unpaired) electrons. The van der Waals surface area contributed by atoms with Crippen LogP contribution >= 0.6 is 0 Å². The minimum atomic E-state index is -0.778. The minimum absolute atomic E-state index is 0.162. The van der Waals surface area contributed by atoms with E-state index in [9.17, 15) is 19.2 Å². The highest BCUT2D eigenvalue weighted by atomic mass is 16.6. The van der Waals surface area contributed by atoms with E-state index in [1.165, 1.54) is 14.2 Å². The number of hydrogen-bond donors (Lipinski definition) is 0. The van der Waals surface area contributed by atoms with Gasteiger partial charge in [-0.25, -0.2) is 0 Å². The van der Waals surface area contributed by atoms with Gasteiger partial charge in [0.25, 0.3) is 0 Å². The van der Waals surface area contributed by atoms with Gasteiger partial charge in [-0.1, -0.05) is 0 Å². The number of carbonyl (C=O) groups is 4. The number of rotatable bonds is 13. The number of methoxy groups -OCH3 is 2. The normalized spacial score (nSPS) is 12.6. The van der Waals surface area contributed by atoms with Gasteiger partial charge < -0.3 is 28.4 Å². The second-order valence-corrected chi connectivity index (χ2v) is 4.88. The third-order valence-electron chi connectivity index (χ3n) is 3.03. The van der Waals surface area contributed by atoms with Gasteiger partial charge in [-0.3, -0.25) is 19.2 Å². The Balaban J connectivity index is 4.37. The Morgan fingerprint density at radius 1 is 0.615 bits per heavy atom. The summed E-state index contributed by atoms with van der Waals surface area (Å²) in [5, 5.41) is 0. The molecule has 0 aliphatic rings. The van der Waals surface area contributed by atoms with Gasteiger partial charge in [-0.05, 0) is 13.8 Å². The molecule has 0 aliphatic heterocycles. The van der Waals surface area contributed by atoms with Gasteiger partial charge in [-0.2, -0.15) is 0 Å². The molecule has 2 atom stereocenters. The quantitative estimate of drug-likeness (QED) is 0.246. The highest BCUT2D eigenvalue weighted by Gasteiger charge is 2.25. The summed E-state index contributed by atoms with van der Waals surface area (Å²) in [7, 11) is 2.71. The van der Waals surface area contributed by atoms with E-state index in [4.69, 9.17) is 18.9 Å². The van der Waals surface area contributed by atoms with Crippen molar-refractivity contribution in [3.8, 4) is 0 Å². The zero-order valence-electron chi connectivity index (χ0n) is 15.5. The summed E-state index contributed by atoms with van der Waals surface area (Å²) >= 11 is 0. The summed E-state index contributed by atoms with van der Waals surface area (Å²) in [5.74, 6) is -2.94. The molecule has 0 unspecified atom stereocenters. The molecule has 0 fully saturated rings. The van der Waals surface area contributed by atoms with Crippen LogP contribution in [0, 0.1) is 0 Å². The molecule has 0 spiro atoms. The van der Waals surface area contributed by atoms with Crippen LogP contribution in [0.4, 0.5) is 0 Å². The van der Waals surface area contributed by atoms with Crippen LogP contribution < -0.4 is 0 Å². The summed E-state index contributed by atoms with van der Waals surface area (Å²) < 4.78 is 29.5. The van der Waals surface area contributed by atoms with Crippen LogP contribution in [0.5, 0.6) is 0 Å². The zero-order valence-corrected chi connectivity index (χ0v) is 15.5. The van der Waals surface area contributed by atoms with Gasteiger partial charge in [0.05, 0.1) is 13.2 Å². The molecule has 0 aromatic rings. The van der Waals surface area contributed by atoms with E-state index in [-0.39, 0.29) is 26.4 Å². The van der Waals surface area contributed by atoms with E-state index < -0.39 is 48.9 Å². The molecule has 0 heterocycles. The van der Waals surface area contributed by atoms with E-state index in [1.807, 2.05) is 0 Å². The van der Waals surface area contributed by atoms with Crippen molar-refractivity contribution in [1.82, 2.24) is 0 Å². The van der Waals surface area contributed by atoms with Crippen LogP contribution in [0.15, 0.2) is 0 Å². The van der Waals surface area contributed by atoms with Crippen molar-refractivity contribution < 1.29 is 47.6 Å². The van der Waals surface area contributed by atoms with Crippen LogP contribution in [0.2, 0.25) is 0 Å². The van der Waals surface area contributed by atoms with Gasteiger partial charge in [0.2, 0.25) is 0 Å². The SMILES string of the molecule is CCOC(=O)CC(=O)OC[C@H](OC)[C@H](COC(=O)CC(=O)OCC)OC. The van der Waals surface area contributed by atoms with E-state index in [2.05, 4.69) is 9.47 Å². The lowest BCUT2D eigenvalue weighted by Gasteiger charge is -2.24. The third kappa shape index (κ3) is 10.6. The summed E-state index contributed by atoms with van der Waals surface area (Å²) in [5.41, 5.74) is 0. The van der Waals surface area contributed by atoms with Gasteiger partial charge >= 0.3 is 23.9 Å². The number of esters is 4. The molecule has 0 saturated carbocycles. The Morgan fingerprint density at radius 3 is 1.19 bits per heavy atom. The second kappa shape index (κ2) is 14.0. The maximum atomic E-state index is 11.6. The molecule has 150 valence electrons. The molecular weight excluding hydrogens is 352 g/mol. The molecule has 10 heteroatoms. The summed E-state index contributed by atoms with van der Waals surface area (Å²) in [6.07, 6.45) is -2.53. The molecule has 0 N–H and O–H groups in total. The standard InChI is InChI=1S/C16H26O10/c1-5-23-13(17)7-15(19)25-9-11(21-3)12(22-4)10-26-16(20)8-14(18)24-6-2/h11-12H,5-10H2,1-4H3/t11-,12-/m0/s1. The van der Waals surface area contributed by atoms with Crippen molar-refractivity contribution in [2.24, 2.45) is 0 Å². The Kier molecular flexibility index (Phi) is 12.8. The Bertz CT molecular complexity index is 420. The third-order valence-corrected chi connectivity index (χ3v) is 3.03. The van der Waals surface area contributed by atoms with Crippen molar-refractivity contribution in [3.05, 3.63) is 0 Å². The number of carbonyl (C=O) groups excluding carboxylic acids is 4. The molecule has 0 bridgehead atoms. The fourth-order valence-corrected chi connectivity index (χ4v) is 1.77. The summed E-state index contributed by atoms with van der Waals surface area (Å²) in [4.78, 5) is 45.5. The first-order valence-electron chi connectivity index (χ1n) is 8.05. The lowest BCUT2D eigenvalue weighted by molar-refractivity contribution is -0.166. The lowest BCUT2D eigenvalue weighted by atomic mass is 10.2. The summed E-state index contributed by atoms with van der Waals surface area (Å²) in [6.45, 7) is 3.13. The van der Waals surface area contributed by atoms with Crippen LogP contribution in [0.1, 0.15) is 26.7 Å². The largest absolute Gasteiger partial charge is 0.466 e. The van der Waals surface area contributed by atoms with Crippen LogP contribution in [0.3, 0.4) is 0 Å². The fraction of sp³-hybridized carbons (Fsp3) is 0.750. The Morgan fingerprint density at radius 2 is 0.923 bits per heavy atom. The van der Waals surface area contributed by atoms with Crippen molar-refractivity contribution in [3.63, 3.8) is 0 Å². The van der Waals surface area contributed by atoms with E-state index >= 15 is 0 Å². The highest BCUT2D eigenvalue weighted by Crippen LogP contribution is 2.07. The van der Waals surface area contributed by atoms with Crippen molar-refractivity contribution in [2.75, 3.05) is 40.6 Å². The molecule has 26 heavy (non-hydrogen) atoms. The van der Waals surface area contributed by atoms with Crippen molar-refractivity contribution in [2.45, 2.75) is 38.9 Å². The molecule has 0 rings (SSSR count). The first-order valence-corrected chi connectivity index (χ1v) is 8.05. The molecule has 0 aliphatic carbocycles. The van der Waals surface area contributed by atoms with Crippen LogP contribution in [-0.2, 0) is 47.6 Å². The number of ether oxygens (including phenoxy) is 6. The first-order chi connectivity index (χ1) is 12.4. The van der Waals surface area contributed by atoms with Gasteiger partial charge in [-0.15, -0.1) is 0 Å². The smallest absolute Gasteiger partial charge is 0.317 e. The lowest BCUT2D eigenvalue weighted by Crippen LogP contribution is -2.39. The predicted octanol–water partition coefficient (Wildman–Crippen LogP) is 0.00920. The van der Waals surface area contributed by atoms with E-state index in [0.717, 1.165) is 0 Å². The average molecular weight is 378 g/mol. The molecule has 10 nitrogen and oxygen atoms in total. The zero-order chi connectivity index (χ0) is 19.9. The fourth-order valence-electron chi connectivity index (χ4n) is 1.77. The molecule has 0 amide bonds. The van der Waals surface area contributed by atoms with Gasteiger partial charge in [0.15, 0.2) is 0 Å². The maximum Gasteiger partial charge on any atom is 0.317 e. The van der Waals surface area contributed by atoms with Gasteiger partial charge in [0.1, 0.15) is 38.3 Å². The van der Waals surface area contributed by atoms with Crippen molar-refractivity contribution >= 4 is 23.9 Å². The topological polar surface area (TPSA) is 124 Å². The van der Waals surface area contributed by atoms with E-state index in [0.29, 0.717) is 0 Å². The molecule has 0 saturated heterocycles. The Hall–Kier alpha value is -2.20. The minimum Gasteiger partial charge on any atom is -0.466 e. The average Bonchev–Trinajstić information content (AvgIpc) is 2.57. The van der Waals surface area contributed by atoms with Crippen LogP contribution in [0.25, 0.3) is 0 Å². The predicted molar refractivity (Wildman–Crippen MR) is 86.0 cm³/mol. The van der Waals surface area contributed by atoms with Crippen LogP contribution in [-0.4, -0.2) is 76.7 Å². The molecule has 0 aromatic heterocycles. The highest BCUT2D eigenvalue weighted by molar-refractivity contribution is 5.91. The number of hydrogen-bond acceptors (Lipinski definition) is 10. The van der Waals surface area contributed by atoms with Crippen molar-refractivity contribution in [1.29, 1.82) is 0 Å². The van der Waals surface area contributed by atoms with E-state index in [1.54, 1.807) is 13.8 Å². The monoisotopic (exact) mass is 378 g/mol. The maximum absolute atomic E-state index is 11.6. The molecular formula is C16H26O10. The molecule has 0 aromatic carbocycles. The second-order valence-electron chi connectivity index (χ2n) is 4.88. The Labute approximate surface area is 152 Å².